The van der Waals surface area contributed by atoms with E-state index in [1.165, 1.54) is 0 Å². The van der Waals surface area contributed by atoms with Gasteiger partial charge in [-0.25, -0.2) is 0 Å². The summed E-state index contributed by atoms with van der Waals surface area (Å²) in [5.74, 6) is 1.49. The molecule has 1 aromatic carbocycles. The Balaban J connectivity index is 2.82. The number of rotatable bonds is 5. The Morgan fingerprint density at radius 1 is 1.29 bits per heavy atom. The molecule has 3 nitrogen and oxygen atoms in total. The molecule has 0 unspecified atom stereocenters. The molecule has 1 aromatic rings. The Hall–Kier alpha value is -1.22. The lowest BCUT2D eigenvalue weighted by Gasteiger charge is -2.16. The van der Waals surface area contributed by atoms with Gasteiger partial charge in [0, 0.05) is 12.1 Å². The van der Waals surface area contributed by atoms with Crippen LogP contribution in [0, 0.1) is 6.92 Å². The zero-order valence-corrected chi connectivity index (χ0v) is 11.4. The van der Waals surface area contributed by atoms with Gasteiger partial charge in [-0.15, -0.1) is 0 Å². The summed E-state index contributed by atoms with van der Waals surface area (Å²) in [6.45, 7) is 7.59. The second-order valence-electron chi connectivity index (χ2n) is 4.97. The van der Waals surface area contributed by atoms with Crippen molar-refractivity contribution in [2.75, 3.05) is 27.2 Å². The van der Waals surface area contributed by atoms with Gasteiger partial charge < -0.3 is 14.7 Å². The van der Waals surface area contributed by atoms with Crippen molar-refractivity contribution in [3.63, 3.8) is 0 Å². The van der Waals surface area contributed by atoms with Gasteiger partial charge >= 0.3 is 0 Å². The maximum atomic E-state index is 9.85. The van der Waals surface area contributed by atoms with Gasteiger partial charge in [-0.3, -0.25) is 0 Å². The van der Waals surface area contributed by atoms with Gasteiger partial charge in [0.1, 0.15) is 18.1 Å². The Bertz CT molecular complexity index is 373. The minimum Gasteiger partial charge on any atom is -0.508 e. The number of hydrogen-bond acceptors (Lipinski definition) is 3. The van der Waals surface area contributed by atoms with E-state index in [0.717, 1.165) is 23.4 Å². The molecule has 1 N–H and O–H groups in total. The van der Waals surface area contributed by atoms with Crippen molar-refractivity contribution in [1.29, 1.82) is 0 Å². The first-order chi connectivity index (χ1) is 7.91. The standard InChI is InChI=1S/C14H23NO2/c1-10(2)12-8-13(16)11(3)14(9-12)17-7-6-15(4)5/h8-10,16H,6-7H2,1-5H3. The smallest absolute Gasteiger partial charge is 0.126 e. The highest BCUT2D eigenvalue weighted by atomic mass is 16.5. The van der Waals surface area contributed by atoms with Crippen LogP contribution in [0.25, 0.3) is 0 Å². The average Bonchev–Trinajstić information content (AvgIpc) is 2.23. The Kier molecular flexibility index (Phi) is 4.82. The van der Waals surface area contributed by atoms with Crippen LogP contribution in [-0.4, -0.2) is 37.3 Å². The molecule has 0 aromatic heterocycles. The number of hydrogen-bond donors (Lipinski definition) is 1. The summed E-state index contributed by atoms with van der Waals surface area (Å²) < 4.78 is 5.72. The van der Waals surface area contributed by atoms with Gasteiger partial charge in [0.15, 0.2) is 0 Å². The van der Waals surface area contributed by atoms with Crippen LogP contribution < -0.4 is 4.74 Å². The van der Waals surface area contributed by atoms with E-state index < -0.39 is 0 Å². The fourth-order valence-corrected chi connectivity index (χ4v) is 1.52. The molecule has 0 saturated carbocycles. The summed E-state index contributed by atoms with van der Waals surface area (Å²) in [6, 6.07) is 3.84. The van der Waals surface area contributed by atoms with Crippen molar-refractivity contribution in [2.24, 2.45) is 0 Å². The zero-order chi connectivity index (χ0) is 13.0. The van der Waals surface area contributed by atoms with Crippen molar-refractivity contribution < 1.29 is 9.84 Å². The molecule has 0 bridgehead atoms. The van der Waals surface area contributed by atoms with Gasteiger partial charge in [-0.1, -0.05) is 13.8 Å². The minimum absolute atomic E-state index is 0.316. The van der Waals surface area contributed by atoms with E-state index in [2.05, 4.69) is 18.7 Å². The third-order valence-electron chi connectivity index (χ3n) is 2.82. The van der Waals surface area contributed by atoms with Crippen LogP contribution in [0.1, 0.15) is 30.9 Å². The van der Waals surface area contributed by atoms with Gasteiger partial charge in [0.2, 0.25) is 0 Å². The topological polar surface area (TPSA) is 32.7 Å². The van der Waals surface area contributed by atoms with E-state index in [1.807, 2.05) is 33.2 Å². The normalized spacial score (nSPS) is 11.2. The second kappa shape index (κ2) is 5.92. The average molecular weight is 237 g/mol. The first kappa shape index (κ1) is 13.8. The van der Waals surface area contributed by atoms with Crippen molar-refractivity contribution in [3.8, 4) is 11.5 Å². The molecule has 17 heavy (non-hydrogen) atoms. The van der Waals surface area contributed by atoms with Crippen LogP contribution in [0.4, 0.5) is 0 Å². The van der Waals surface area contributed by atoms with Gasteiger partial charge in [-0.05, 0) is 44.6 Å². The highest BCUT2D eigenvalue weighted by Crippen LogP contribution is 2.31. The maximum Gasteiger partial charge on any atom is 0.126 e. The highest BCUT2D eigenvalue weighted by Gasteiger charge is 2.09. The summed E-state index contributed by atoms with van der Waals surface area (Å²) in [5, 5.41) is 9.85. The number of ether oxygens (including phenoxy) is 1. The lowest BCUT2D eigenvalue weighted by Crippen LogP contribution is -2.19. The van der Waals surface area contributed by atoms with Crippen molar-refractivity contribution in [3.05, 3.63) is 23.3 Å². The number of nitrogens with zero attached hydrogens (tertiary/aromatic N) is 1. The first-order valence-electron chi connectivity index (χ1n) is 6.03. The molecule has 3 heteroatoms. The predicted molar refractivity (Wildman–Crippen MR) is 71.0 cm³/mol. The molecule has 0 aliphatic carbocycles. The SMILES string of the molecule is Cc1c(O)cc(C(C)C)cc1OCCN(C)C. The van der Waals surface area contributed by atoms with E-state index >= 15 is 0 Å². The number of aromatic hydroxyl groups is 1. The first-order valence-corrected chi connectivity index (χ1v) is 6.03. The molecule has 1 rings (SSSR count). The number of phenols is 1. The van der Waals surface area contributed by atoms with Gasteiger partial charge in [-0.2, -0.15) is 0 Å². The molecular formula is C14H23NO2. The third-order valence-corrected chi connectivity index (χ3v) is 2.82. The Labute approximate surface area is 104 Å². The molecule has 0 saturated heterocycles. The maximum absolute atomic E-state index is 9.85. The van der Waals surface area contributed by atoms with Crippen LogP contribution in [0.3, 0.4) is 0 Å². The van der Waals surface area contributed by atoms with Gasteiger partial charge in [0.25, 0.3) is 0 Å². The number of likely N-dealkylation sites (N-methyl/N-ethyl adjacent to an activating group) is 1. The molecule has 0 heterocycles. The third kappa shape index (κ3) is 3.93. The Morgan fingerprint density at radius 2 is 1.94 bits per heavy atom. The predicted octanol–water partition coefficient (Wildman–Crippen LogP) is 2.76. The highest BCUT2D eigenvalue weighted by molar-refractivity contribution is 5.47. The molecule has 0 fully saturated rings. The largest absolute Gasteiger partial charge is 0.508 e. The van der Waals surface area contributed by atoms with E-state index in [9.17, 15) is 5.11 Å². The second-order valence-corrected chi connectivity index (χ2v) is 4.97. The van der Waals surface area contributed by atoms with E-state index in [1.54, 1.807) is 0 Å². The van der Waals surface area contributed by atoms with Crippen LogP contribution in [0.2, 0.25) is 0 Å². The summed E-state index contributed by atoms with van der Waals surface area (Å²) >= 11 is 0. The lowest BCUT2D eigenvalue weighted by molar-refractivity contribution is 0.259. The fraction of sp³-hybridized carbons (Fsp3) is 0.571. The van der Waals surface area contributed by atoms with E-state index in [4.69, 9.17) is 4.74 Å². The van der Waals surface area contributed by atoms with Crippen LogP contribution in [0.5, 0.6) is 11.5 Å². The molecule has 0 atom stereocenters. The van der Waals surface area contributed by atoms with Gasteiger partial charge in [0.05, 0.1) is 0 Å². The minimum atomic E-state index is 0.316. The van der Waals surface area contributed by atoms with Crippen molar-refractivity contribution in [2.45, 2.75) is 26.7 Å². The van der Waals surface area contributed by atoms with Crippen molar-refractivity contribution in [1.82, 2.24) is 4.90 Å². The summed E-state index contributed by atoms with van der Waals surface area (Å²) in [6.07, 6.45) is 0. The molecule has 0 amide bonds. The quantitative estimate of drug-likeness (QED) is 0.854. The summed E-state index contributed by atoms with van der Waals surface area (Å²) in [4.78, 5) is 2.07. The lowest BCUT2D eigenvalue weighted by atomic mass is 10.0. The summed E-state index contributed by atoms with van der Waals surface area (Å²) in [7, 11) is 4.02. The number of phenolic OH excluding ortho intramolecular Hbond substituents is 1. The molecular weight excluding hydrogens is 214 g/mol. The molecule has 96 valence electrons. The summed E-state index contributed by atoms with van der Waals surface area (Å²) in [5.41, 5.74) is 1.92. The molecule has 0 spiro atoms. The zero-order valence-electron chi connectivity index (χ0n) is 11.4. The van der Waals surface area contributed by atoms with Crippen molar-refractivity contribution >= 4 is 0 Å². The van der Waals surface area contributed by atoms with Crippen LogP contribution in [-0.2, 0) is 0 Å². The molecule has 0 radical (unpaired) electrons. The molecule has 0 aliphatic heterocycles. The van der Waals surface area contributed by atoms with E-state index in [-0.39, 0.29) is 0 Å². The van der Waals surface area contributed by atoms with Crippen LogP contribution >= 0.6 is 0 Å². The molecule has 0 aliphatic rings. The number of benzene rings is 1. The monoisotopic (exact) mass is 237 g/mol. The van der Waals surface area contributed by atoms with Crippen LogP contribution in [0.15, 0.2) is 12.1 Å². The Morgan fingerprint density at radius 3 is 2.47 bits per heavy atom. The fourth-order valence-electron chi connectivity index (χ4n) is 1.52. The van der Waals surface area contributed by atoms with E-state index in [0.29, 0.717) is 18.3 Å².